The largest absolute Gasteiger partial charge is 0.451 e. The minimum absolute atomic E-state index is 0.0147. The molecule has 0 aliphatic rings. The number of nitrogens with one attached hydrogen (secondary N) is 1. The molecule has 0 unspecified atom stereocenters. The molecule has 3 N–H and O–H groups in total. The van der Waals surface area contributed by atoms with Crippen molar-refractivity contribution in [1.82, 2.24) is 4.98 Å². The zero-order chi connectivity index (χ0) is 19.8. The Morgan fingerprint density at radius 3 is 2.56 bits per heavy atom. The lowest BCUT2D eigenvalue weighted by atomic mass is 10.1. The summed E-state index contributed by atoms with van der Waals surface area (Å²) in [5.74, 6) is -1.33. The van der Waals surface area contributed by atoms with Gasteiger partial charge in [0.05, 0.1) is 15.5 Å². The van der Waals surface area contributed by atoms with Gasteiger partial charge in [0.1, 0.15) is 0 Å². The fourth-order valence-corrected chi connectivity index (χ4v) is 3.34. The standard InChI is InChI=1S/C18H15ClN2O5S/c1-10(17(22)14-9-21-16-5-3-2-4-12(14)16)26-18(23)13-8-11(27(20,24)25)6-7-15(13)19/h2-10,21H,1H3,(H2,20,24,25)/t10-/m0/s1. The summed E-state index contributed by atoms with van der Waals surface area (Å²) in [6.07, 6.45) is 0.442. The van der Waals surface area contributed by atoms with Crippen LogP contribution in [0.2, 0.25) is 5.02 Å². The van der Waals surface area contributed by atoms with Crippen LogP contribution < -0.4 is 5.14 Å². The third kappa shape index (κ3) is 3.87. The molecule has 1 atom stereocenters. The number of hydrogen-bond donors (Lipinski definition) is 2. The minimum Gasteiger partial charge on any atom is -0.451 e. The second kappa shape index (κ2) is 7.15. The minimum atomic E-state index is -4.02. The highest BCUT2D eigenvalue weighted by Gasteiger charge is 2.24. The van der Waals surface area contributed by atoms with Crippen molar-refractivity contribution in [2.45, 2.75) is 17.9 Å². The Morgan fingerprint density at radius 2 is 1.85 bits per heavy atom. The average Bonchev–Trinajstić information content (AvgIpc) is 3.04. The first-order chi connectivity index (χ1) is 12.7. The number of sulfonamides is 1. The van der Waals surface area contributed by atoms with Crippen LogP contribution in [0.25, 0.3) is 10.9 Å². The molecular formula is C18H15ClN2O5S. The van der Waals surface area contributed by atoms with Gasteiger partial charge in [-0.2, -0.15) is 0 Å². The number of primary sulfonamides is 1. The van der Waals surface area contributed by atoms with Crippen LogP contribution in [-0.4, -0.2) is 31.3 Å². The van der Waals surface area contributed by atoms with Crippen LogP contribution in [0, 0.1) is 0 Å². The van der Waals surface area contributed by atoms with Gasteiger partial charge in [-0.25, -0.2) is 18.4 Å². The lowest BCUT2D eigenvalue weighted by molar-refractivity contribution is 0.0319. The molecule has 3 aromatic rings. The number of Topliss-reactive ketones (excluding diaryl/α,β-unsaturated/α-hetero) is 1. The Labute approximate surface area is 160 Å². The predicted molar refractivity (Wildman–Crippen MR) is 100 cm³/mol. The maximum absolute atomic E-state index is 12.7. The van der Waals surface area contributed by atoms with Gasteiger partial charge in [-0.3, -0.25) is 4.79 Å². The number of carbonyl (C=O) groups excluding carboxylic acids is 2. The molecule has 9 heteroatoms. The fourth-order valence-electron chi connectivity index (χ4n) is 2.61. The molecule has 0 radical (unpaired) electrons. The maximum atomic E-state index is 12.7. The second-order valence-corrected chi connectivity index (χ2v) is 7.82. The zero-order valence-corrected chi connectivity index (χ0v) is 15.7. The zero-order valence-electron chi connectivity index (χ0n) is 14.1. The molecule has 3 rings (SSSR count). The number of benzene rings is 2. The molecule has 1 aromatic heterocycles. The van der Waals surface area contributed by atoms with Crippen molar-refractivity contribution in [2.24, 2.45) is 5.14 Å². The molecule has 140 valence electrons. The molecule has 0 aliphatic heterocycles. The number of aromatic amines is 1. The second-order valence-electron chi connectivity index (χ2n) is 5.85. The van der Waals surface area contributed by atoms with E-state index in [1.165, 1.54) is 19.1 Å². The molecule has 27 heavy (non-hydrogen) atoms. The number of H-pyrrole nitrogens is 1. The van der Waals surface area contributed by atoms with Crippen molar-refractivity contribution in [3.63, 3.8) is 0 Å². The molecule has 7 nitrogen and oxygen atoms in total. The molecular weight excluding hydrogens is 392 g/mol. The van der Waals surface area contributed by atoms with Crippen molar-refractivity contribution in [3.8, 4) is 0 Å². The first-order valence-electron chi connectivity index (χ1n) is 7.82. The van der Waals surface area contributed by atoms with Crippen LogP contribution in [0.5, 0.6) is 0 Å². The summed E-state index contributed by atoms with van der Waals surface area (Å²) in [4.78, 5) is 27.7. The molecule has 1 heterocycles. The van der Waals surface area contributed by atoms with Gasteiger partial charge in [0.25, 0.3) is 0 Å². The normalized spacial score (nSPS) is 12.7. The number of hydrogen-bond acceptors (Lipinski definition) is 5. The highest BCUT2D eigenvalue weighted by Crippen LogP contribution is 2.23. The van der Waals surface area contributed by atoms with Gasteiger partial charge < -0.3 is 9.72 Å². The first-order valence-corrected chi connectivity index (χ1v) is 9.74. The van der Waals surface area contributed by atoms with E-state index in [0.29, 0.717) is 10.9 Å². The summed E-state index contributed by atoms with van der Waals surface area (Å²) >= 11 is 5.96. The van der Waals surface area contributed by atoms with E-state index < -0.39 is 27.9 Å². The maximum Gasteiger partial charge on any atom is 0.340 e. The summed E-state index contributed by atoms with van der Waals surface area (Å²) in [6.45, 7) is 1.43. The lowest BCUT2D eigenvalue weighted by Crippen LogP contribution is -2.24. The SMILES string of the molecule is C[C@H](OC(=O)c1cc(S(N)(=O)=O)ccc1Cl)C(=O)c1c[nH]c2ccccc12. The van der Waals surface area contributed by atoms with Crippen molar-refractivity contribution in [2.75, 3.05) is 0 Å². The Hall–Kier alpha value is -2.68. The molecule has 0 saturated heterocycles. The molecule has 0 spiro atoms. The summed E-state index contributed by atoms with van der Waals surface area (Å²) in [6, 6.07) is 10.6. The molecule has 0 bridgehead atoms. The first kappa shape index (κ1) is 19.1. The van der Waals surface area contributed by atoms with Crippen molar-refractivity contribution in [1.29, 1.82) is 0 Å². The van der Waals surface area contributed by atoms with Crippen LogP contribution in [0.3, 0.4) is 0 Å². The smallest absolute Gasteiger partial charge is 0.340 e. The fraction of sp³-hybridized carbons (Fsp3) is 0.111. The number of rotatable bonds is 5. The third-order valence-electron chi connectivity index (χ3n) is 3.99. The van der Waals surface area contributed by atoms with Crippen LogP contribution in [0.4, 0.5) is 0 Å². The lowest BCUT2D eigenvalue weighted by Gasteiger charge is -2.13. The van der Waals surface area contributed by atoms with Gasteiger partial charge in [0.15, 0.2) is 6.10 Å². The molecule has 0 amide bonds. The number of ether oxygens (including phenoxy) is 1. The number of para-hydroxylation sites is 1. The predicted octanol–water partition coefficient (Wildman–Crippen LogP) is 2.90. The Bertz CT molecular complexity index is 1150. The summed E-state index contributed by atoms with van der Waals surface area (Å²) in [7, 11) is -4.02. The van der Waals surface area contributed by atoms with Crippen molar-refractivity contribution < 1.29 is 22.7 Å². The van der Waals surface area contributed by atoms with E-state index in [9.17, 15) is 18.0 Å². The van der Waals surface area contributed by atoms with E-state index in [4.69, 9.17) is 21.5 Å². The molecule has 0 fully saturated rings. The van der Waals surface area contributed by atoms with E-state index in [1.54, 1.807) is 18.3 Å². The number of esters is 1. The van der Waals surface area contributed by atoms with Gasteiger partial charge in [-0.1, -0.05) is 29.8 Å². The van der Waals surface area contributed by atoms with E-state index in [2.05, 4.69) is 4.98 Å². The highest BCUT2D eigenvalue weighted by molar-refractivity contribution is 7.89. The van der Waals surface area contributed by atoms with Crippen molar-refractivity contribution >= 4 is 44.3 Å². The van der Waals surface area contributed by atoms with Crippen LogP contribution in [0.1, 0.15) is 27.6 Å². The molecule has 2 aromatic carbocycles. The third-order valence-corrected chi connectivity index (χ3v) is 5.23. The number of carbonyl (C=O) groups is 2. The average molecular weight is 407 g/mol. The van der Waals surface area contributed by atoms with Crippen LogP contribution in [0.15, 0.2) is 53.6 Å². The van der Waals surface area contributed by atoms with Crippen molar-refractivity contribution in [3.05, 3.63) is 64.8 Å². The summed E-state index contributed by atoms with van der Waals surface area (Å²) in [5, 5.41) is 5.76. The van der Waals surface area contributed by atoms with Gasteiger partial charge in [-0.05, 0) is 31.2 Å². The molecule has 0 saturated carbocycles. The summed E-state index contributed by atoms with van der Waals surface area (Å²) < 4.78 is 28.1. The van der Waals surface area contributed by atoms with Crippen LogP contribution in [-0.2, 0) is 14.8 Å². The van der Waals surface area contributed by atoms with E-state index in [1.807, 2.05) is 12.1 Å². The van der Waals surface area contributed by atoms with E-state index in [-0.39, 0.29) is 15.5 Å². The number of aromatic nitrogens is 1. The van der Waals surface area contributed by atoms with Gasteiger partial charge in [-0.15, -0.1) is 0 Å². The van der Waals surface area contributed by atoms with Crippen LogP contribution >= 0.6 is 11.6 Å². The van der Waals surface area contributed by atoms with Gasteiger partial charge in [0, 0.05) is 22.7 Å². The monoisotopic (exact) mass is 406 g/mol. The van der Waals surface area contributed by atoms with E-state index >= 15 is 0 Å². The summed E-state index contributed by atoms with van der Waals surface area (Å²) in [5.41, 5.74) is 0.973. The van der Waals surface area contributed by atoms with Gasteiger partial charge in [0.2, 0.25) is 15.8 Å². The van der Waals surface area contributed by atoms with E-state index in [0.717, 1.165) is 11.6 Å². The Kier molecular flexibility index (Phi) is 5.05. The Balaban J connectivity index is 1.85. The topological polar surface area (TPSA) is 119 Å². The number of fused-ring (bicyclic) bond motifs is 1. The number of ketones is 1. The molecule has 0 aliphatic carbocycles. The van der Waals surface area contributed by atoms with Gasteiger partial charge >= 0.3 is 5.97 Å². The number of halogens is 1. The quantitative estimate of drug-likeness (QED) is 0.498. The highest BCUT2D eigenvalue weighted by atomic mass is 35.5. The number of nitrogens with two attached hydrogens (primary N) is 1. The Morgan fingerprint density at radius 1 is 1.15 bits per heavy atom.